The van der Waals surface area contributed by atoms with Gasteiger partial charge in [0.1, 0.15) is 17.9 Å². The molecule has 0 aliphatic heterocycles. The lowest BCUT2D eigenvalue weighted by atomic mass is 9.83. The van der Waals surface area contributed by atoms with Crippen LogP contribution in [0.25, 0.3) is 10.8 Å². The second-order valence-electron chi connectivity index (χ2n) is 11.1. The van der Waals surface area contributed by atoms with Crippen LogP contribution in [0, 0.1) is 5.92 Å². The molecule has 0 spiro atoms. The van der Waals surface area contributed by atoms with Crippen LogP contribution >= 0.6 is 0 Å². The Kier molecular flexibility index (Phi) is 12.3. The first-order chi connectivity index (χ1) is 20.1. The van der Waals surface area contributed by atoms with Gasteiger partial charge in [-0.05, 0) is 48.4 Å². The first-order valence-corrected chi connectivity index (χ1v) is 14.8. The number of benzene rings is 2. The summed E-state index contributed by atoms with van der Waals surface area (Å²) in [5, 5.41) is 12.6. The van der Waals surface area contributed by atoms with Gasteiger partial charge in [0.05, 0.1) is 12.6 Å². The van der Waals surface area contributed by atoms with Crippen LogP contribution in [0.15, 0.2) is 42.5 Å². The maximum absolute atomic E-state index is 13.7. The van der Waals surface area contributed by atoms with E-state index in [1.54, 1.807) is 0 Å². The quantitative estimate of drug-likeness (QED) is 0.199. The van der Waals surface area contributed by atoms with Gasteiger partial charge in [-0.2, -0.15) is 0 Å². The number of amides is 4. The number of fused-ring (bicyclic) bond motifs is 1. The van der Waals surface area contributed by atoms with Gasteiger partial charge in [0, 0.05) is 6.42 Å². The fourth-order valence-corrected chi connectivity index (χ4v) is 5.44. The highest BCUT2D eigenvalue weighted by molar-refractivity contribution is 6.57. The molecular weight excluding hydrogens is 535 g/mol. The van der Waals surface area contributed by atoms with Crippen molar-refractivity contribution in [1.82, 2.24) is 21.3 Å². The molecule has 42 heavy (non-hydrogen) atoms. The molecule has 1 aliphatic rings. The first-order valence-electron chi connectivity index (χ1n) is 14.8. The predicted molar refractivity (Wildman–Crippen MR) is 163 cm³/mol. The van der Waals surface area contributed by atoms with E-state index in [0.29, 0.717) is 6.42 Å². The number of hydrogen-bond acceptors (Lipinski definition) is 6. The Morgan fingerprint density at radius 2 is 1.52 bits per heavy atom. The molecule has 1 saturated carbocycles. The van der Waals surface area contributed by atoms with E-state index in [-0.39, 0.29) is 36.9 Å². The molecule has 1 aliphatic carbocycles. The minimum absolute atomic E-state index is 0.0496. The monoisotopic (exact) mass is 576 g/mol. The van der Waals surface area contributed by atoms with E-state index < -0.39 is 41.6 Å². The van der Waals surface area contributed by atoms with E-state index in [2.05, 4.69) is 21.3 Å². The summed E-state index contributed by atoms with van der Waals surface area (Å²) in [4.78, 5) is 75.9. The van der Waals surface area contributed by atoms with Crippen LogP contribution in [-0.2, 0) is 30.4 Å². The molecule has 0 saturated heterocycles. The summed E-state index contributed by atoms with van der Waals surface area (Å²) < 4.78 is 0. The molecule has 2 aromatic rings. The van der Waals surface area contributed by atoms with Crippen molar-refractivity contribution in [3.63, 3.8) is 0 Å². The van der Waals surface area contributed by atoms with Gasteiger partial charge in [0.25, 0.3) is 5.91 Å². The van der Waals surface area contributed by atoms with Gasteiger partial charge in [0.15, 0.2) is 5.81 Å². The van der Waals surface area contributed by atoms with Gasteiger partial charge in [-0.3, -0.25) is 28.8 Å². The zero-order chi connectivity index (χ0) is 30.6. The molecule has 4 amide bonds. The fourth-order valence-electron chi connectivity index (χ4n) is 5.44. The second kappa shape index (κ2) is 15.8. The summed E-state index contributed by atoms with van der Waals surface area (Å²) in [6.45, 7) is 2.82. The van der Waals surface area contributed by atoms with Crippen molar-refractivity contribution in [2.24, 2.45) is 5.92 Å². The SMILES string of the molecule is BC(=O)N[C@H](C(=O)N[C@@H](Cc1ccc2ccccc2c1)C(=O)NC(CCC)C(=O)C(=O)NCC(C)=O)C1CCCCC1. The largest absolute Gasteiger partial charge is 0.353 e. The number of hydrogen-bond donors (Lipinski definition) is 4. The number of nitrogens with one attached hydrogen (secondary N) is 4. The average Bonchev–Trinajstić information content (AvgIpc) is 2.97. The van der Waals surface area contributed by atoms with Crippen LogP contribution in [-0.4, -0.2) is 67.6 Å². The molecule has 0 radical (unpaired) electrons. The van der Waals surface area contributed by atoms with Gasteiger partial charge < -0.3 is 21.3 Å². The second-order valence-corrected chi connectivity index (χ2v) is 11.1. The fraction of sp³-hybridized carbons (Fsp3) is 0.484. The van der Waals surface area contributed by atoms with Gasteiger partial charge in [-0.1, -0.05) is 75.1 Å². The first kappa shape index (κ1) is 32.5. The van der Waals surface area contributed by atoms with E-state index in [4.69, 9.17) is 0 Å². The molecule has 224 valence electrons. The molecule has 3 rings (SSSR count). The van der Waals surface area contributed by atoms with Gasteiger partial charge in [-0.25, -0.2) is 0 Å². The van der Waals surface area contributed by atoms with Crippen molar-refractivity contribution in [3.8, 4) is 0 Å². The van der Waals surface area contributed by atoms with Gasteiger partial charge in [0.2, 0.25) is 25.4 Å². The lowest BCUT2D eigenvalue weighted by Crippen LogP contribution is -2.58. The molecule has 0 heterocycles. The maximum atomic E-state index is 13.7. The predicted octanol–water partition coefficient (Wildman–Crippen LogP) is 1.72. The molecule has 1 fully saturated rings. The van der Waals surface area contributed by atoms with Crippen LogP contribution < -0.4 is 21.3 Å². The van der Waals surface area contributed by atoms with E-state index in [1.807, 2.05) is 49.4 Å². The van der Waals surface area contributed by atoms with E-state index in [1.165, 1.54) is 14.8 Å². The van der Waals surface area contributed by atoms with E-state index in [0.717, 1.165) is 48.4 Å². The summed E-state index contributed by atoms with van der Waals surface area (Å²) in [6, 6.07) is 10.5. The number of carbonyl (C=O) groups is 6. The smallest absolute Gasteiger partial charge is 0.289 e. The van der Waals surface area contributed by atoms with Crippen LogP contribution in [0.5, 0.6) is 0 Å². The minimum Gasteiger partial charge on any atom is -0.353 e. The highest BCUT2D eigenvalue weighted by Gasteiger charge is 2.34. The number of carbonyl (C=O) groups excluding carboxylic acids is 6. The Balaban J connectivity index is 1.86. The van der Waals surface area contributed by atoms with Crippen molar-refractivity contribution in [2.45, 2.75) is 83.3 Å². The van der Waals surface area contributed by atoms with E-state index in [9.17, 15) is 28.8 Å². The molecule has 0 aromatic heterocycles. The summed E-state index contributed by atoms with van der Waals surface area (Å²) in [5.41, 5.74) is 0.792. The van der Waals surface area contributed by atoms with Crippen molar-refractivity contribution < 1.29 is 28.8 Å². The van der Waals surface area contributed by atoms with Crippen molar-refractivity contribution in [1.29, 1.82) is 0 Å². The molecular formula is C31H41BN4O6. The molecule has 0 bridgehead atoms. The highest BCUT2D eigenvalue weighted by Crippen LogP contribution is 2.27. The third-order valence-electron chi connectivity index (χ3n) is 7.58. The normalized spacial score (nSPS) is 15.6. The zero-order valence-electron chi connectivity index (χ0n) is 24.7. The topological polar surface area (TPSA) is 151 Å². The van der Waals surface area contributed by atoms with Crippen LogP contribution in [0.3, 0.4) is 0 Å². The zero-order valence-corrected chi connectivity index (χ0v) is 24.7. The number of rotatable bonds is 14. The Morgan fingerprint density at radius 3 is 2.17 bits per heavy atom. The summed E-state index contributed by atoms with van der Waals surface area (Å²) in [6.07, 6.45) is 5.41. The maximum Gasteiger partial charge on any atom is 0.289 e. The van der Waals surface area contributed by atoms with Crippen LogP contribution in [0.2, 0.25) is 0 Å². The molecule has 2 aromatic carbocycles. The van der Waals surface area contributed by atoms with E-state index >= 15 is 0 Å². The molecule has 4 N–H and O–H groups in total. The molecule has 11 heteroatoms. The number of ketones is 2. The lowest BCUT2D eigenvalue weighted by Gasteiger charge is -2.31. The van der Waals surface area contributed by atoms with Crippen molar-refractivity contribution >= 4 is 53.7 Å². The van der Waals surface area contributed by atoms with Gasteiger partial charge in [-0.15, -0.1) is 0 Å². The summed E-state index contributed by atoms with van der Waals surface area (Å²) >= 11 is 0. The Labute approximate surface area is 247 Å². The summed E-state index contributed by atoms with van der Waals surface area (Å²) in [7, 11) is 1.36. The molecule has 3 atom stereocenters. The molecule has 10 nitrogen and oxygen atoms in total. The van der Waals surface area contributed by atoms with Gasteiger partial charge >= 0.3 is 0 Å². The third kappa shape index (κ3) is 9.53. The van der Waals surface area contributed by atoms with Crippen LogP contribution in [0.4, 0.5) is 4.79 Å². The van der Waals surface area contributed by atoms with Crippen molar-refractivity contribution in [2.75, 3.05) is 6.54 Å². The third-order valence-corrected chi connectivity index (χ3v) is 7.58. The minimum atomic E-state index is -1.13. The Morgan fingerprint density at radius 1 is 0.857 bits per heavy atom. The van der Waals surface area contributed by atoms with Crippen molar-refractivity contribution in [3.05, 3.63) is 48.0 Å². The summed E-state index contributed by atoms with van der Waals surface area (Å²) in [5.74, 6) is -3.59. The average molecular weight is 577 g/mol. The van der Waals surface area contributed by atoms with Crippen LogP contribution in [0.1, 0.15) is 64.4 Å². The Bertz CT molecular complexity index is 1310. The standard InChI is InChI=1S/C31H41BN4O6/c1-3-9-24(27(38)30(41)33-18-19(2)37)34-28(39)25(17-20-14-15-21-10-7-8-13-23(21)16-20)35-29(40)26(36-31(32)42)22-11-5-4-6-12-22/h7-8,10,13-16,22,24-26H,3-6,9,11-12,17-18,32H2,1-2H3,(H,33,41)(H,34,39)(H,35,40)(H,36,42)/t24?,25-,26-/m0/s1. The molecule has 1 unspecified atom stereocenters. The lowest BCUT2D eigenvalue weighted by molar-refractivity contribution is -0.141. The Hall–Kier alpha value is -4.02. The highest BCUT2D eigenvalue weighted by atomic mass is 16.2. The number of Topliss-reactive ketones (excluding diaryl/α,β-unsaturated/α-hetero) is 2.